The van der Waals surface area contributed by atoms with Crippen molar-refractivity contribution in [2.75, 3.05) is 25.2 Å². The van der Waals surface area contributed by atoms with E-state index in [1.54, 1.807) is 13.2 Å². The first kappa shape index (κ1) is 13.7. The highest BCUT2D eigenvalue weighted by molar-refractivity contribution is 8.16. The van der Waals surface area contributed by atoms with Gasteiger partial charge < -0.3 is 9.47 Å². The highest BCUT2D eigenvalue weighted by Crippen LogP contribution is 2.45. The first-order chi connectivity index (χ1) is 8.85. The number of ether oxygens (including phenoxy) is 2. The molecule has 1 fully saturated rings. The second kappa shape index (κ2) is 7.00. The van der Waals surface area contributed by atoms with Crippen LogP contribution in [0.1, 0.15) is 16.6 Å². The van der Waals surface area contributed by atoms with Crippen LogP contribution in [0.25, 0.3) is 0 Å². The molecule has 0 radical (unpaired) electrons. The van der Waals surface area contributed by atoms with Crippen LogP contribution in [-0.4, -0.2) is 25.2 Å². The molecule has 0 saturated carbocycles. The predicted molar refractivity (Wildman–Crippen MR) is 81.0 cm³/mol. The van der Waals surface area contributed by atoms with Crippen molar-refractivity contribution >= 4 is 23.5 Å². The van der Waals surface area contributed by atoms with Crippen LogP contribution in [-0.2, 0) is 0 Å². The number of thioether (sulfide) groups is 2. The van der Waals surface area contributed by atoms with Gasteiger partial charge in [0.1, 0.15) is 6.61 Å². The van der Waals surface area contributed by atoms with Gasteiger partial charge >= 0.3 is 0 Å². The Kier molecular flexibility index (Phi) is 5.32. The number of benzene rings is 1. The van der Waals surface area contributed by atoms with E-state index in [0.29, 0.717) is 11.2 Å². The summed E-state index contributed by atoms with van der Waals surface area (Å²) in [7, 11) is 1.67. The van der Waals surface area contributed by atoms with Crippen LogP contribution in [0.5, 0.6) is 11.5 Å². The lowest BCUT2D eigenvalue weighted by atomic mass is 10.2. The fraction of sp³-hybridized carbons (Fsp3) is 0.429. The SMILES string of the molecule is C=CCOc1cc(C2SCCCS2)ccc1OC. The lowest BCUT2D eigenvalue weighted by Gasteiger charge is -2.22. The Morgan fingerprint density at radius 2 is 2.11 bits per heavy atom. The van der Waals surface area contributed by atoms with Crippen LogP contribution in [0, 0.1) is 0 Å². The number of rotatable bonds is 5. The van der Waals surface area contributed by atoms with Crippen LogP contribution in [0.3, 0.4) is 0 Å². The zero-order valence-corrected chi connectivity index (χ0v) is 12.2. The van der Waals surface area contributed by atoms with E-state index in [9.17, 15) is 0 Å². The molecule has 1 saturated heterocycles. The molecule has 2 rings (SSSR count). The second-order valence-corrected chi connectivity index (χ2v) is 6.66. The summed E-state index contributed by atoms with van der Waals surface area (Å²) in [5.74, 6) is 4.08. The van der Waals surface area contributed by atoms with E-state index < -0.39 is 0 Å². The first-order valence-corrected chi connectivity index (χ1v) is 8.09. The minimum atomic E-state index is 0.505. The van der Waals surface area contributed by atoms with Gasteiger partial charge in [0.05, 0.1) is 11.7 Å². The molecule has 0 aromatic heterocycles. The quantitative estimate of drug-likeness (QED) is 0.756. The van der Waals surface area contributed by atoms with Gasteiger partial charge in [0.15, 0.2) is 11.5 Å². The minimum Gasteiger partial charge on any atom is -0.493 e. The fourth-order valence-corrected chi connectivity index (χ4v) is 4.65. The maximum atomic E-state index is 5.65. The van der Waals surface area contributed by atoms with E-state index in [0.717, 1.165) is 11.5 Å². The summed E-state index contributed by atoms with van der Waals surface area (Å²) < 4.78 is 11.5. The molecule has 1 aromatic carbocycles. The molecule has 0 amide bonds. The third-order valence-corrected chi connectivity index (χ3v) is 5.66. The Morgan fingerprint density at radius 3 is 2.78 bits per heavy atom. The van der Waals surface area contributed by atoms with Crippen molar-refractivity contribution in [3.8, 4) is 11.5 Å². The van der Waals surface area contributed by atoms with Crippen molar-refractivity contribution < 1.29 is 9.47 Å². The smallest absolute Gasteiger partial charge is 0.161 e. The highest BCUT2D eigenvalue weighted by atomic mass is 32.2. The molecule has 0 atom stereocenters. The molecule has 0 aliphatic carbocycles. The van der Waals surface area contributed by atoms with Crippen molar-refractivity contribution in [3.63, 3.8) is 0 Å². The average molecular weight is 282 g/mol. The number of methoxy groups -OCH3 is 1. The van der Waals surface area contributed by atoms with Crippen molar-refractivity contribution in [3.05, 3.63) is 36.4 Å². The van der Waals surface area contributed by atoms with Crippen LogP contribution < -0.4 is 9.47 Å². The monoisotopic (exact) mass is 282 g/mol. The van der Waals surface area contributed by atoms with Gasteiger partial charge in [-0.3, -0.25) is 0 Å². The van der Waals surface area contributed by atoms with E-state index >= 15 is 0 Å². The van der Waals surface area contributed by atoms with E-state index in [2.05, 4.69) is 18.7 Å². The van der Waals surface area contributed by atoms with E-state index in [-0.39, 0.29) is 0 Å². The molecule has 18 heavy (non-hydrogen) atoms. The van der Waals surface area contributed by atoms with Gasteiger partial charge in [-0.1, -0.05) is 18.7 Å². The average Bonchev–Trinajstić information content (AvgIpc) is 2.45. The number of hydrogen-bond acceptors (Lipinski definition) is 4. The number of hydrogen-bond donors (Lipinski definition) is 0. The predicted octanol–water partition coefficient (Wildman–Crippen LogP) is 4.13. The fourth-order valence-electron chi connectivity index (χ4n) is 1.78. The molecule has 0 N–H and O–H groups in total. The maximum absolute atomic E-state index is 5.65. The Bertz CT molecular complexity index is 401. The standard InChI is InChI=1S/C14H18O2S2/c1-3-7-16-13-10-11(5-6-12(13)15-2)14-17-8-4-9-18-14/h3,5-6,10,14H,1,4,7-9H2,2H3. The van der Waals surface area contributed by atoms with Crippen LogP contribution in [0.15, 0.2) is 30.9 Å². The minimum absolute atomic E-state index is 0.505. The van der Waals surface area contributed by atoms with Gasteiger partial charge in [-0.05, 0) is 35.6 Å². The molecule has 0 bridgehead atoms. The van der Waals surface area contributed by atoms with Crippen LogP contribution in [0.4, 0.5) is 0 Å². The summed E-state index contributed by atoms with van der Waals surface area (Å²) >= 11 is 4.02. The Morgan fingerprint density at radius 1 is 1.33 bits per heavy atom. The molecule has 4 heteroatoms. The van der Waals surface area contributed by atoms with E-state index in [4.69, 9.17) is 9.47 Å². The van der Waals surface area contributed by atoms with Gasteiger partial charge in [0.25, 0.3) is 0 Å². The topological polar surface area (TPSA) is 18.5 Å². The Labute approximate surface area is 117 Å². The van der Waals surface area contributed by atoms with Crippen molar-refractivity contribution in [1.29, 1.82) is 0 Å². The molecular formula is C14H18O2S2. The molecule has 1 aliphatic heterocycles. The van der Waals surface area contributed by atoms with Crippen LogP contribution >= 0.6 is 23.5 Å². The van der Waals surface area contributed by atoms with E-state index in [1.165, 1.54) is 23.5 Å². The molecule has 1 heterocycles. The molecule has 1 aliphatic rings. The Balaban J connectivity index is 2.17. The second-order valence-electron chi connectivity index (χ2n) is 3.94. The highest BCUT2D eigenvalue weighted by Gasteiger charge is 2.18. The van der Waals surface area contributed by atoms with E-state index in [1.807, 2.05) is 29.6 Å². The lowest BCUT2D eigenvalue weighted by Crippen LogP contribution is -2.02. The van der Waals surface area contributed by atoms with Gasteiger partial charge in [0.2, 0.25) is 0 Å². The van der Waals surface area contributed by atoms with Gasteiger partial charge in [-0.2, -0.15) is 0 Å². The van der Waals surface area contributed by atoms with Crippen molar-refractivity contribution in [2.24, 2.45) is 0 Å². The molecule has 0 spiro atoms. The summed E-state index contributed by atoms with van der Waals surface area (Å²) in [6, 6.07) is 6.22. The third kappa shape index (κ3) is 3.39. The van der Waals surface area contributed by atoms with Gasteiger partial charge in [-0.25, -0.2) is 0 Å². The Hall–Kier alpha value is -0.740. The summed E-state index contributed by atoms with van der Waals surface area (Å²) in [5, 5.41) is 0. The molecule has 2 nitrogen and oxygen atoms in total. The lowest BCUT2D eigenvalue weighted by molar-refractivity contribution is 0.326. The molecule has 98 valence electrons. The zero-order chi connectivity index (χ0) is 12.8. The molecular weight excluding hydrogens is 264 g/mol. The summed E-state index contributed by atoms with van der Waals surface area (Å²) in [6.45, 7) is 4.17. The summed E-state index contributed by atoms with van der Waals surface area (Å²) in [5.41, 5.74) is 1.31. The van der Waals surface area contributed by atoms with Crippen LogP contribution in [0.2, 0.25) is 0 Å². The summed E-state index contributed by atoms with van der Waals surface area (Å²) in [4.78, 5) is 0. The van der Waals surface area contributed by atoms with Crippen molar-refractivity contribution in [1.82, 2.24) is 0 Å². The van der Waals surface area contributed by atoms with Gasteiger partial charge in [-0.15, -0.1) is 23.5 Å². The van der Waals surface area contributed by atoms with Gasteiger partial charge in [0, 0.05) is 0 Å². The van der Waals surface area contributed by atoms with Crippen molar-refractivity contribution in [2.45, 2.75) is 11.0 Å². The normalized spacial score (nSPS) is 16.3. The maximum Gasteiger partial charge on any atom is 0.161 e. The molecule has 0 unspecified atom stereocenters. The zero-order valence-electron chi connectivity index (χ0n) is 10.6. The summed E-state index contributed by atoms with van der Waals surface area (Å²) in [6.07, 6.45) is 3.05. The third-order valence-electron chi connectivity index (χ3n) is 2.64. The molecule has 1 aromatic rings. The largest absolute Gasteiger partial charge is 0.493 e. The first-order valence-electron chi connectivity index (χ1n) is 6.00.